The number of aromatic nitrogens is 3. The van der Waals surface area contributed by atoms with E-state index in [9.17, 15) is 0 Å². The molecule has 0 aliphatic rings. The maximum atomic E-state index is 6.15. The fourth-order valence-electron chi connectivity index (χ4n) is 3.98. The average molecular weight is 563 g/mol. The Kier molecular flexibility index (Phi) is 19.1. The van der Waals surface area contributed by atoms with Gasteiger partial charge < -0.3 is 20.7 Å². The maximum absolute atomic E-state index is 6.15. The number of nitrogen functional groups attached to an aromatic ring is 1. The van der Waals surface area contributed by atoms with Crippen molar-refractivity contribution in [1.29, 1.82) is 0 Å². The van der Waals surface area contributed by atoms with E-state index >= 15 is 0 Å². The molecule has 0 spiro atoms. The van der Waals surface area contributed by atoms with Crippen LogP contribution in [0.4, 0.5) is 22.9 Å². The standard InChI is InChI=1S/C27H36N6O.C5H12.C2H6/c1-4-7-8-21-17-22(9-10-25(21)28)31-26-18-24(33(14-5-2)15-6-3)19-27(32-26)34-16-11-23-20-29-12-13-30-23;1-3-5-4-2;1-2/h7-10,12-13,17-20H,4-6,11,14-16,28H2,1-3H3,(H,31,32);3-5H2,1-2H3;1-2H3/b8-7+;;. The third-order valence-electron chi connectivity index (χ3n) is 5.96. The van der Waals surface area contributed by atoms with Gasteiger partial charge in [0.15, 0.2) is 0 Å². The highest BCUT2D eigenvalue weighted by atomic mass is 16.5. The molecule has 1 aromatic carbocycles. The third-order valence-corrected chi connectivity index (χ3v) is 5.96. The number of unbranched alkanes of at least 4 members (excludes halogenated alkanes) is 2. The van der Waals surface area contributed by atoms with Crippen LogP contribution in [-0.2, 0) is 6.42 Å². The van der Waals surface area contributed by atoms with Gasteiger partial charge in [-0.25, -0.2) is 0 Å². The van der Waals surface area contributed by atoms with Gasteiger partial charge in [0, 0.05) is 67.3 Å². The molecule has 0 aliphatic heterocycles. The molecule has 0 atom stereocenters. The molecular weight excluding hydrogens is 508 g/mol. The highest BCUT2D eigenvalue weighted by molar-refractivity contribution is 5.72. The first-order valence-corrected chi connectivity index (χ1v) is 15.5. The van der Waals surface area contributed by atoms with Gasteiger partial charge in [0.2, 0.25) is 5.88 Å². The molecule has 3 rings (SSSR count). The lowest BCUT2D eigenvalue weighted by Crippen LogP contribution is -2.25. The predicted octanol–water partition coefficient (Wildman–Crippen LogP) is 9.09. The van der Waals surface area contributed by atoms with E-state index in [2.05, 4.69) is 73.0 Å². The molecule has 0 aliphatic carbocycles. The molecule has 7 heteroatoms. The molecule has 3 N–H and O–H groups in total. The lowest BCUT2D eigenvalue weighted by molar-refractivity contribution is 0.308. The minimum atomic E-state index is 0.476. The number of hydrogen-bond acceptors (Lipinski definition) is 7. The van der Waals surface area contributed by atoms with E-state index in [-0.39, 0.29) is 0 Å². The lowest BCUT2D eigenvalue weighted by Gasteiger charge is -2.25. The van der Waals surface area contributed by atoms with Crippen molar-refractivity contribution in [2.24, 2.45) is 0 Å². The van der Waals surface area contributed by atoms with Gasteiger partial charge in [0.1, 0.15) is 5.82 Å². The summed E-state index contributed by atoms with van der Waals surface area (Å²) in [6.45, 7) is 17.3. The number of nitrogens with zero attached hydrogens (tertiary/aromatic N) is 4. The summed E-state index contributed by atoms with van der Waals surface area (Å²) in [5, 5.41) is 3.45. The van der Waals surface area contributed by atoms with Gasteiger partial charge in [0.25, 0.3) is 0 Å². The Morgan fingerprint density at radius 3 is 2.24 bits per heavy atom. The summed E-state index contributed by atoms with van der Waals surface area (Å²) in [6, 6.07) is 10.0. The van der Waals surface area contributed by atoms with Crippen molar-refractivity contribution in [3.63, 3.8) is 0 Å². The van der Waals surface area contributed by atoms with Crippen LogP contribution in [0.1, 0.15) is 98.2 Å². The number of hydrogen-bond donors (Lipinski definition) is 2. The van der Waals surface area contributed by atoms with Crippen molar-refractivity contribution in [3.8, 4) is 5.88 Å². The fraction of sp³-hybridized carbons (Fsp3) is 0.500. The molecule has 2 aromatic heterocycles. The molecule has 0 unspecified atom stereocenters. The fourth-order valence-corrected chi connectivity index (χ4v) is 3.98. The van der Waals surface area contributed by atoms with E-state index < -0.39 is 0 Å². The highest BCUT2D eigenvalue weighted by Gasteiger charge is 2.11. The van der Waals surface area contributed by atoms with Crippen LogP contribution in [-0.4, -0.2) is 34.6 Å². The van der Waals surface area contributed by atoms with Crippen molar-refractivity contribution < 1.29 is 4.74 Å². The zero-order chi connectivity index (χ0) is 30.3. The smallest absolute Gasteiger partial charge is 0.217 e. The quantitative estimate of drug-likeness (QED) is 0.179. The minimum Gasteiger partial charge on any atom is -0.477 e. The number of ether oxygens (including phenoxy) is 1. The number of benzene rings is 1. The zero-order valence-corrected chi connectivity index (χ0v) is 26.6. The van der Waals surface area contributed by atoms with Crippen LogP contribution in [0.5, 0.6) is 5.88 Å². The summed E-state index contributed by atoms with van der Waals surface area (Å²) >= 11 is 0. The van der Waals surface area contributed by atoms with E-state index in [0.29, 0.717) is 18.9 Å². The second-order valence-electron chi connectivity index (χ2n) is 9.46. The Balaban J connectivity index is 0.00000108. The van der Waals surface area contributed by atoms with Crippen molar-refractivity contribution in [3.05, 3.63) is 66.3 Å². The van der Waals surface area contributed by atoms with Gasteiger partial charge in [-0.1, -0.05) is 79.9 Å². The normalized spacial score (nSPS) is 10.3. The monoisotopic (exact) mass is 562 g/mol. The van der Waals surface area contributed by atoms with Crippen LogP contribution in [0.2, 0.25) is 0 Å². The van der Waals surface area contributed by atoms with E-state index in [0.717, 1.165) is 66.5 Å². The number of anilines is 4. The Morgan fingerprint density at radius 2 is 1.66 bits per heavy atom. The molecule has 0 bridgehead atoms. The molecule has 0 saturated carbocycles. The first-order chi connectivity index (χ1) is 20.0. The number of nitrogens with one attached hydrogen (secondary N) is 1. The number of pyridine rings is 1. The number of nitrogens with two attached hydrogens (primary N) is 1. The van der Waals surface area contributed by atoms with Gasteiger partial charge in [-0.2, -0.15) is 4.98 Å². The zero-order valence-electron chi connectivity index (χ0n) is 26.6. The molecule has 2 heterocycles. The second-order valence-corrected chi connectivity index (χ2v) is 9.46. The summed E-state index contributed by atoms with van der Waals surface area (Å²) in [6.07, 6.45) is 17.1. The van der Waals surface area contributed by atoms with Crippen LogP contribution >= 0.6 is 0 Å². The average Bonchev–Trinajstić information content (AvgIpc) is 2.99. The van der Waals surface area contributed by atoms with E-state index in [4.69, 9.17) is 15.5 Å². The number of allylic oxidation sites excluding steroid dienone is 1. The third kappa shape index (κ3) is 14.0. The largest absolute Gasteiger partial charge is 0.477 e. The first-order valence-electron chi connectivity index (χ1n) is 15.5. The Labute approximate surface area is 249 Å². The second kappa shape index (κ2) is 22.1. The Bertz CT molecular complexity index is 1100. The lowest BCUT2D eigenvalue weighted by atomic mass is 10.1. The summed E-state index contributed by atoms with van der Waals surface area (Å²) in [7, 11) is 0. The SMILES string of the molecule is CC.CC/C=C/c1cc(Nc2cc(N(CCC)CCC)cc(OCCc3cnccn3)n2)ccc1N.CCCCC. The molecule has 0 radical (unpaired) electrons. The van der Waals surface area contributed by atoms with Crippen LogP contribution in [0.25, 0.3) is 6.08 Å². The molecule has 41 heavy (non-hydrogen) atoms. The van der Waals surface area contributed by atoms with E-state index in [1.807, 2.05) is 38.1 Å². The van der Waals surface area contributed by atoms with Crippen LogP contribution < -0.4 is 20.7 Å². The van der Waals surface area contributed by atoms with Crippen molar-refractivity contribution in [2.45, 2.75) is 93.4 Å². The summed E-state index contributed by atoms with van der Waals surface area (Å²) in [5.74, 6) is 1.32. The summed E-state index contributed by atoms with van der Waals surface area (Å²) in [5.41, 5.74) is 10.8. The molecule has 0 fully saturated rings. The molecule has 7 nitrogen and oxygen atoms in total. The maximum Gasteiger partial charge on any atom is 0.217 e. The first kappa shape index (κ1) is 35.4. The van der Waals surface area contributed by atoms with E-state index in [1.54, 1.807) is 18.6 Å². The Morgan fingerprint density at radius 1 is 0.927 bits per heavy atom. The van der Waals surface area contributed by atoms with Gasteiger partial charge in [-0.05, 0) is 43.0 Å². The van der Waals surface area contributed by atoms with Gasteiger partial charge >= 0.3 is 0 Å². The van der Waals surface area contributed by atoms with Gasteiger partial charge in [0.05, 0.1) is 12.3 Å². The summed E-state index contributed by atoms with van der Waals surface area (Å²) in [4.78, 5) is 15.5. The van der Waals surface area contributed by atoms with Crippen LogP contribution in [0.3, 0.4) is 0 Å². The van der Waals surface area contributed by atoms with Crippen molar-refractivity contribution >= 4 is 29.0 Å². The minimum absolute atomic E-state index is 0.476. The predicted molar refractivity (Wildman–Crippen MR) is 178 cm³/mol. The molecule has 226 valence electrons. The molecule has 0 amide bonds. The molecular formula is C34H54N6O. The van der Waals surface area contributed by atoms with Crippen LogP contribution in [0, 0.1) is 0 Å². The van der Waals surface area contributed by atoms with Crippen molar-refractivity contribution in [1.82, 2.24) is 15.0 Å². The molecule has 3 aromatic rings. The Hall–Kier alpha value is -3.61. The summed E-state index contributed by atoms with van der Waals surface area (Å²) < 4.78 is 6.05. The van der Waals surface area contributed by atoms with Crippen LogP contribution in [0.15, 0.2) is 55.0 Å². The van der Waals surface area contributed by atoms with Gasteiger partial charge in [-0.15, -0.1) is 0 Å². The topological polar surface area (TPSA) is 89.2 Å². The van der Waals surface area contributed by atoms with Gasteiger partial charge in [-0.3, -0.25) is 9.97 Å². The van der Waals surface area contributed by atoms with Crippen molar-refractivity contribution in [2.75, 3.05) is 35.6 Å². The number of rotatable bonds is 15. The molecule has 0 saturated heterocycles. The van der Waals surface area contributed by atoms with E-state index in [1.165, 1.54) is 19.3 Å². The highest BCUT2D eigenvalue weighted by Crippen LogP contribution is 2.28.